The number of carbonyl (C=O) groups excluding carboxylic acids is 1. The fourth-order valence-corrected chi connectivity index (χ4v) is 2.13. The van der Waals surface area contributed by atoms with Crippen LogP contribution in [0.1, 0.15) is 19.3 Å². The molecule has 2 heterocycles. The van der Waals surface area contributed by atoms with E-state index in [0.717, 1.165) is 12.8 Å². The number of piperidine rings is 1. The fourth-order valence-electron chi connectivity index (χ4n) is 2.13. The van der Waals surface area contributed by atoms with E-state index in [0.29, 0.717) is 13.1 Å². The maximum absolute atomic E-state index is 11.9. The first kappa shape index (κ1) is 13.3. The lowest BCUT2D eigenvalue weighted by atomic mass is 9.94. The minimum absolute atomic E-state index is 0.162. The van der Waals surface area contributed by atoms with Crippen molar-refractivity contribution >= 4 is 17.9 Å². The summed E-state index contributed by atoms with van der Waals surface area (Å²) in [6.07, 6.45) is 4.73. The zero-order chi connectivity index (χ0) is 13.7. The van der Waals surface area contributed by atoms with Crippen molar-refractivity contribution in [3.05, 3.63) is 18.5 Å². The van der Waals surface area contributed by atoms with Crippen LogP contribution < -0.4 is 5.32 Å². The summed E-state index contributed by atoms with van der Waals surface area (Å²) in [5, 5.41) is 11.3. The predicted molar refractivity (Wildman–Crippen MR) is 67.6 cm³/mol. The zero-order valence-corrected chi connectivity index (χ0v) is 10.5. The van der Waals surface area contributed by atoms with Crippen LogP contribution in [0, 0.1) is 5.92 Å². The van der Waals surface area contributed by atoms with Crippen LogP contribution in [0.4, 0.5) is 10.7 Å². The highest BCUT2D eigenvalue weighted by molar-refractivity contribution is 5.87. The quantitative estimate of drug-likeness (QED) is 0.855. The van der Waals surface area contributed by atoms with Gasteiger partial charge in [-0.25, -0.2) is 14.8 Å². The molecular weight excluding hydrogens is 248 g/mol. The van der Waals surface area contributed by atoms with E-state index in [9.17, 15) is 9.59 Å². The summed E-state index contributed by atoms with van der Waals surface area (Å²) < 4.78 is 0. The molecule has 1 aromatic rings. The molecule has 0 aliphatic carbocycles. The summed E-state index contributed by atoms with van der Waals surface area (Å²) in [4.78, 5) is 32.0. The minimum Gasteiger partial charge on any atom is -0.481 e. The van der Waals surface area contributed by atoms with Crippen molar-refractivity contribution in [2.45, 2.75) is 19.3 Å². The molecule has 19 heavy (non-hydrogen) atoms. The number of carboxylic acid groups (broad SMARTS) is 1. The van der Waals surface area contributed by atoms with Crippen LogP contribution in [0.15, 0.2) is 18.5 Å². The second-order valence-electron chi connectivity index (χ2n) is 4.53. The lowest BCUT2D eigenvalue weighted by molar-refractivity contribution is -0.138. The Balaban J connectivity index is 1.81. The van der Waals surface area contributed by atoms with Gasteiger partial charge in [-0.3, -0.25) is 10.1 Å². The summed E-state index contributed by atoms with van der Waals surface area (Å²) >= 11 is 0. The first-order chi connectivity index (χ1) is 9.15. The number of hydrogen-bond donors (Lipinski definition) is 2. The number of nitrogens with zero attached hydrogens (tertiary/aromatic N) is 3. The van der Waals surface area contributed by atoms with Gasteiger partial charge in [-0.1, -0.05) is 0 Å². The lowest BCUT2D eigenvalue weighted by Gasteiger charge is -2.31. The van der Waals surface area contributed by atoms with Crippen LogP contribution in [-0.2, 0) is 4.79 Å². The maximum Gasteiger partial charge on any atom is 0.324 e. The Hall–Kier alpha value is -2.18. The van der Waals surface area contributed by atoms with E-state index < -0.39 is 5.97 Å². The minimum atomic E-state index is -0.777. The van der Waals surface area contributed by atoms with Crippen molar-refractivity contribution in [1.82, 2.24) is 14.9 Å². The number of hydrogen-bond acceptors (Lipinski definition) is 4. The normalized spacial score (nSPS) is 16.1. The zero-order valence-electron chi connectivity index (χ0n) is 10.5. The van der Waals surface area contributed by atoms with E-state index in [1.54, 1.807) is 23.4 Å². The van der Waals surface area contributed by atoms with Crippen molar-refractivity contribution in [3.8, 4) is 0 Å². The van der Waals surface area contributed by atoms with Crippen molar-refractivity contribution in [2.75, 3.05) is 18.4 Å². The number of urea groups is 1. The number of aliphatic carboxylic acids is 1. The molecule has 1 aromatic heterocycles. The number of amides is 2. The first-order valence-electron chi connectivity index (χ1n) is 6.20. The van der Waals surface area contributed by atoms with Gasteiger partial charge in [0.2, 0.25) is 5.95 Å². The molecule has 1 saturated heterocycles. The third-order valence-electron chi connectivity index (χ3n) is 3.15. The molecule has 1 aliphatic heterocycles. The number of rotatable bonds is 3. The molecule has 0 radical (unpaired) electrons. The van der Waals surface area contributed by atoms with E-state index in [-0.39, 0.29) is 24.3 Å². The van der Waals surface area contributed by atoms with Crippen LogP contribution in [0.2, 0.25) is 0 Å². The van der Waals surface area contributed by atoms with Gasteiger partial charge in [-0.15, -0.1) is 0 Å². The number of anilines is 1. The van der Waals surface area contributed by atoms with Gasteiger partial charge in [0, 0.05) is 31.9 Å². The molecule has 7 heteroatoms. The van der Waals surface area contributed by atoms with Crippen LogP contribution in [0.5, 0.6) is 0 Å². The molecule has 7 nitrogen and oxygen atoms in total. The highest BCUT2D eigenvalue weighted by atomic mass is 16.4. The monoisotopic (exact) mass is 264 g/mol. The highest BCUT2D eigenvalue weighted by Gasteiger charge is 2.24. The van der Waals surface area contributed by atoms with Crippen LogP contribution in [0.3, 0.4) is 0 Å². The smallest absolute Gasteiger partial charge is 0.324 e. The third kappa shape index (κ3) is 3.90. The van der Waals surface area contributed by atoms with Gasteiger partial charge in [-0.05, 0) is 24.8 Å². The molecule has 1 fully saturated rings. The van der Waals surface area contributed by atoms with E-state index in [1.165, 1.54) is 0 Å². The first-order valence-corrected chi connectivity index (χ1v) is 6.20. The van der Waals surface area contributed by atoms with Crippen LogP contribution >= 0.6 is 0 Å². The highest BCUT2D eigenvalue weighted by Crippen LogP contribution is 2.20. The Bertz CT molecular complexity index is 444. The fraction of sp³-hybridized carbons (Fsp3) is 0.500. The van der Waals surface area contributed by atoms with Crippen molar-refractivity contribution in [3.63, 3.8) is 0 Å². The second-order valence-corrected chi connectivity index (χ2v) is 4.53. The third-order valence-corrected chi connectivity index (χ3v) is 3.15. The van der Waals surface area contributed by atoms with Crippen LogP contribution in [0.25, 0.3) is 0 Å². The average molecular weight is 264 g/mol. The molecule has 2 N–H and O–H groups in total. The SMILES string of the molecule is O=C(O)CC1CCN(C(=O)Nc2ncccn2)CC1. The van der Waals surface area contributed by atoms with Crippen molar-refractivity contribution in [1.29, 1.82) is 0 Å². The topological polar surface area (TPSA) is 95.4 Å². The van der Waals surface area contributed by atoms with Gasteiger partial charge in [0.15, 0.2) is 0 Å². The molecule has 0 unspecified atom stereocenters. The number of carboxylic acids is 1. The Labute approximate surface area is 110 Å². The summed E-state index contributed by atoms with van der Waals surface area (Å²) in [6.45, 7) is 1.13. The number of aromatic nitrogens is 2. The standard InChI is InChI=1S/C12H16N4O3/c17-10(18)8-9-2-6-16(7-3-9)12(19)15-11-13-4-1-5-14-11/h1,4-5,9H,2-3,6-8H2,(H,17,18)(H,13,14,15,19). The molecule has 102 valence electrons. The number of likely N-dealkylation sites (tertiary alicyclic amines) is 1. The predicted octanol–water partition coefficient (Wildman–Crippen LogP) is 1.20. The van der Waals surface area contributed by atoms with Crippen LogP contribution in [-0.4, -0.2) is 45.1 Å². The van der Waals surface area contributed by atoms with E-state index in [1.807, 2.05) is 0 Å². The molecule has 0 saturated carbocycles. The summed E-state index contributed by atoms with van der Waals surface area (Å²) in [7, 11) is 0. The molecule has 2 amide bonds. The van der Waals surface area contributed by atoms with Gasteiger partial charge >= 0.3 is 12.0 Å². The molecular formula is C12H16N4O3. The molecule has 0 bridgehead atoms. The Morgan fingerprint density at radius 2 is 1.95 bits per heavy atom. The molecule has 1 aliphatic rings. The summed E-state index contributed by atoms with van der Waals surface area (Å²) in [5.74, 6) is -0.338. The van der Waals surface area contributed by atoms with E-state index >= 15 is 0 Å². The summed E-state index contributed by atoms with van der Waals surface area (Å²) in [5.41, 5.74) is 0. The van der Waals surface area contributed by atoms with E-state index in [2.05, 4.69) is 15.3 Å². The molecule has 0 spiro atoms. The largest absolute Gasteiger partial charge is 0.481 e. The average Bonchev–Trinajstić information content (AvgIpc) is 2.40. The molecule has 2 rings (SSSR count). The Morgan fingerprint density at radius 3 is 2.53 bits per heavy atom. The van der Waals surface area contributed by atoms with Crippen molar-refractivity contribution in [2.24, 2.45) is 5.92 Å². The maximum atomic E-state index is 11.9. The number of carbonyl (C=O) groups is 2. The lowest BCUT2D eigenvalue weighted by Crippen LogP contribution is -2.41. The number of nitrogens with one attached hydrogen (secondary N) is 1. The van der Waals surface area contributed by atoms with Gasteiger partial charge in [0.05, 0.1) is 0 Å². The van der Waals surface area contributed by atoms with Gasteiger partial charge in [0.1, 0.15) is 0 Å². The Morgan fingerprint density at radius 1 is 1.32 bits per heavy atom. The second kappa shape index (κ2) is 6.12. The summed E-state index contributed by atoms with van der Waals surface area (Å²) in [6, 6.07) is 1.44. The molecule has 0 atom stereocenters. The van der Waals surface area contributed by atoms with Gasteiger partial charge in [0.25, 0.3) is 0 Å². The molecule has 0 aromatic carbocycles. The van der Waals surface area contributed by atoms with E-state index in [4.69, 9.17) is 5.11 Å². The Kier molecular flexibility index (Phi) is 4.27. The van der Waals surface area contributed by atoms with Gasteiger partial charge < -0.3 is 10.0 Å². The van der Waals surface area contributed by atoms with Gasteiger partial charge in [-0.2, -0.15) is 0 Å². The van der Waals surface area contributed by atoms with Crippen molar-refractivity contribution < 1.29 is 14.7 Å².